The summed E-state index contributed by atoms with van der Waals surface area (Å²) in [7, 11) is 1.64. The van der Waals surface area contributed by atoms with Crippen LogP contribution in [0, 0.1) is 0 Å². The maximum absolute atomic E-state index is 12.2. The van der Waals surface area contributed by atoms with Crippen molar-refractivity contribution in [2.75, 3.05) is 26.7 Å². The Kier molecular flexibility index (Phi) is 3.64. The van der Waals surface area contributed by atoms with Gasteiger partial charge in [-0.2, -0.15) is 0 Å². The van der Waals surface area contributed by atoms with Gasteiger partial charge in [0.25, 0.3) is 5.91 Å². The molecule has 1 aliphatic rings. The lowest BCUT2D eigenvalue weighted by Crippen LogP contribution is -2.38. The number of nitrogens with zero attached hydrogens (tertiary/aromatic N) is 1. The van der Waals surface area contributed by atoms with Gasteiger partial charge in [-0.3, -0.25) is 4.79 Å². The van der Waals surface area contributed by atoms with Crippen molar-refractivity contribution in [2.24, 2.45) is 5.73 Å². The molecule has 0 atom stereocenters. The Balaban J connectivity index is 2.24. The molecule has 0 radical (unpaired) electrons. The molecule has 1 heterocycles. The molecule has 0 saturated carbocycles. The zero-order valence-corrected chi connectivity index (χ0v) is 10.1. The summed E-state index contributed by atoms with van der Waals surface area (Å²) in [5, 5.41) is 0. The molecule has 17 heavy (non-hydrogen) atoms. The Morgan fingerprint density at radius 2 is 2.29 bits per heavy atom. The van der Waals surface area contributed by atoms with E-state index in [2.05, 4.69) is 0 Å². The van der Waals surface area contributed by atoms with E-state index in [4.69, 9.17) is 10.5 Å². The zero-order valence-electron chi connectivity index (χ0n) is 10.1. The lowest BCUT2D eigenvalue weighted by Gasteiger charge is -2.29. The van der Waals surface area contributed by atoms with Crippen molar-refractivity contribution in [1.29, 1.82) is 0 Å². The summed E-state index contributed by atoms with van der Waals surface area (Å²) in [5.41, 5.74) is 7.28. The van der Waals surface area contributed by atoms with Crippen molar-refractivity contribution in [1.82, 2.24) is 4.90 Å². The van der Waals surface area contributed by atoms with Gasteiger partial charge in [0.15, 0.2) is 0 Å². The van der Waals surface area contributed by atoms with E-state index >= 15 is 0 Å². The van der Waals surface area contributed by atoms with Crippen molar-refractivity contribution in [3.63, 3.8) is 0 Å². The van der Waals surface area contributed by atoms with E-state index in [0.29, 0.717) is 6.54 Å². The van der Waals surface area contributed by atoms with Gasteiger partial charge in [0.2, 0.25) is 0 Å². The van der Waals surface area contributed by atoms with E-state index in [1.807, 2.05) is 23.1 Å². The summed E-state index contributed by atoms with van der Waals surface area (Å²) in [6, 6.07) is 5.64. The van der Waals surface area contributed by atoms with Gasteiger partial charge in [-0.1, -0.05) is 6.07 Å². The standard InChI is InChI=1S/C13H18N2O2/c1-17-12-5-2-4-11-10(12)6-9-15(13(11)16)8-3-7-14/h2,4-5H,3,6-9,14H2,1H3. The van der Waals surface area contributed by atoms with Crippen molar-refractivity contribution < 1.29 is 9.53 Å². The van der Waals surface area contributed by atoms with Gasteiger partial charge in [0.1, 0.15) is 5.75 Å². The van der Waals surface area contributed by atoms with Crippen LogP contribution in [0.2, 0.25) is 0 Å². The first-order valence-corrected chi connectivity index (χ1v) is 5.93. The summed E-state index contributed by atoms with van der Waals surface area (Å²) in [4.78, 5) is 14.1. The van der Waals surface area contributed by atoms with Crippen LogP contribution in [0.4, 0.5) is 0 Å². The molecule has 0 fully saturated rings. The zero-order chi connectivity index (χ0) is 12.3. The van der Waals surface area contributed by atoms with Gasteiger partial charge in [-0.05, 0) is 31.5 Å². The Labute approximate surface area is 101 Å². The third-order valence-corrected chi connectivity index (χ3v) is 3.13. The first-order chi connectivity index (χ1) is 8.27. The normalized spacial score (nSPS) is 14.7. The van der Waals surface area contributed by atoms with Crippen LogP contribution < -0.4 is 10.5 Å². The summed E-state index contributed by atoms with van der Waals surface area (Å²) in [6.07, 6.45) is 1.71. The maximum atomic E-state index is 12.2. The van der Waals surface area contributed by atoms with Gasteiger partial charge in [0, 0.05) is 24.2 Å². The molecule has 1 aromatic carbocycles. The molecule has 0 saturated heterocycles. The van der Waals surface area contributed by atoms with Crippen molar-refractivity contribution in [3.05, 3.63) is 29.3 Å². The largest absolute Gasteiger partial charge is 0.496 e. The summed E-state index contributed by atoms with van der Waals surface area (Å²) < 4.78 is 5.29. The Morgan fingerprint density at radius 3 is 3.00 bits per heavy atom. The first kappa shape index (κ1) is 11.9. The molecule has 1 amide bonds. The summed E-state index contributed by atoms with van der Waals surface area (Å²) >= 11 is 0. The number of carbonyl (C=O) groups is 1. The number of nitrogens with two attached hydrogens (primary N) is 1. The van der Waals surface area contributed by atoms with Crippen LogP contribution in [-0.2, 0) is 6.42 Å². The molecule has 1 aromatic rings. The van der Waals surface area contributed by atoms with E-state index in [1.54, 1.807) is 7.11 Å². The Hall–Kier alpha value is -1.55. The van der Waals surface area contributed by atoms with Crippen molar-refractivity contribution in [2.45, 2.75) is 12.8 Å². The van der Waals surface area contributed by atoms with Gasteiger partial charge in [-0.15, -0.1) is 0 Å². The maximum Gasteiger partial charge on any atom is 0.254 e. The van der Waals surface area contributed by atoms with E-state index < -0.39 is 0 Å². The second kappa shape index (κ2) is 5.19. The molecular formula is C13H18N2O2. The average Bonchev–Trinajstić information content (AvgIpc) is 2.37. The van der Waals surface area contributed by atoms with Crippen LogP contribution in [0.3, 0.4) is 0 Å². The minimum absolute atomic E-state index is 0.0959. The number of carbonyl (C=O) groups excluding carboxylic acids is 1. The number of amides is 1. The molecule has 0 unspecified atom stereocenters. The van der Waals surface area contributed by atoms with Gasteiger partial charge in [0.05, 0.1) is 7.11 Å². The fourth-order valence-corrected chi connectivity index (χ4v) is 2.23. The molecule has 1 aliphatic heterocycles. The third-order valence-electron chi connectivity index (χ3n) is 3.13. The SMILES string of the molecule is COc1cccc2c1CCN(CCCN)C2=O. The van der Waals surface area contributed by atoms with Crippen LogP contribution >= 0.6 is 0 Å². The minimum Gasteiger partial charge on any atom is -0.496 e. The molecule has 0 bridgehead atoms. The fourth-order valence-electron chi connectivity index (χ4n) is 2.23. The van der Waals surface area contributed by atoms with Gasteiger partial charge in [-0.25, -0.2) is 0 Å². The van der Waals surface area contributed by atoms with E-state index in [9.17, 15) is 4.79 Å². The molecule has 2 N–H and O–H groups in total. The smallest absolute Gasteiger partial charge is 0.254 e. The molecule has 4 heteroatoms. The van der Waals surface area contributed by atoms with Crippen LogP contribution in [0.5, 0.6) is 5.75 Å². The van der Waals surface area contributed by atoms with Crippen molar-refractivity contribution >= 4 is 5.91 Å². The molecule has 0 spiro atoms. The highest BCUT2D eigenvalue weighted by atomic mass is 16.5. The molecule has 92 valence electrons. The second-order valence-corrected chi connectivity index (χ2v) is 4.17. The van der Waals surface area contributed by atoms with Gasteiger partial charge >= 0.3 is 0 Å². The van der Waals surface area contributed by atoms with Crippen LogP contribution in [-0.4, -0.2) is 37.6 Å². The predicted octanol–water partition coefficient (Wildman–Crippen LogP) is 1.04. The molecule has 0 aliphatic carbocycles. The number of hydrogen-bond acceptors (Lipinski definition) is 3. The molecule has 2 rings (SSSR count). The minimum atomic E-state index is 0.0959. The highest BCUT2D eigenvalue weighted by Gasteiger charge is 2.25. The molecule has 4 nitrogen and oxygen atoms in total. The quantitative estimate of drug-likeness (QED) is 0.847. The Morgan fingerprint density at radius 1 is 1.47 bits per heavy atom. The van der Waals surface area contributed by atoms with E-state index in [1.165, 1.54) is 0 Å². The average molecular weight is 234 g/mol. The number of ether oxygens (including phenoxy) is 1. The van der Waals surface area contributed by atoms with E-state index in [-0.39, 0.29) is 5.91 Å². The molecule has 0 aromatic heterocycles. The van der Waals surface area contributed by atoms with Gasteiger partial charge < -0.3 is 15.4 Å². The van der Waals surface area contributed by atoms with Crippen molar-refractivity contribution in [3.8, 4) is 5.75 Å². The number of benzene rings is 1. The second-order valence-electron chi connectivity index (χ2n) is 4.17. The monoisotopic (exact) mass is 234 g/mol. The molecular weight excluding hydrogens is 216 g/mol. The topological polar surface area (TPSA) is 55.6 Å². The Bertz CT molecular complexity index is 418. The van der Waals surface area contributed by atoms with E-state index in [0.717, 1.165) is 42.8 Å². The summed E-state index contributed by atoms with van der Waals surface area (Å²) in [6.45, 7) is 2.12. The predicted molar refractivity (Wildman–Crippen MR) is 66.3 cm³/mol. The fraction of sp³-hybridized carbons (Fsp3) is 0.462. The highest BCUT2D eigenvalue weighted by Crippen LogP contribution is 2.27. The highest BCUT2D eigenvalue weighted by molar-refractivity contribution is 5.97. The third kappa shape index (κ3) is 2.26. The summed E-state index contributed by atoms with van der Waals surface area (Å²) in [5.74, 6) is 0.910. The van der Waals surface area contributed by atoms with Crippen LogP contribution in [0.1, 0.15) is 22.3 Å². The van der Waals surface area contributed by atoms with Crippen LogP contribution in [0.25, 0.3) is 0 Å². The lowest BCUT2D eigenvalue weighted by molar-refractivity contribution is 0.0737. The number of fused-ring (bicyclic) bond motifs is 1. The number of rotatable bonds is 4. The lowest BCUT2D eigenvalue weighted by atomic mass is 9.98. The number of methoxy groups -OCH3 is 1. The first-order valence-electron chi connectivity index (χ1n) is 5.93. The number of hydrogen-bond donors (Lipinski definition) is 1. The van der Waals surface area contributed by atoms with Crippen LogP contribution in [0.15, 0.2) is 18.2 Å².